The maximum atomic E-state index is 11.7. The number of anilines is 1. The minimum Gasteiger partial charge on any atom is -0.484 e. The molecule has 8 heteroatoms. The molecule has 0 saturated heterocycles. The van der Waals surface area contributed by atoms with Gasteiger partial charge in [-0.2, -0.15) is 0 Å². The number of urea groups is 1. The summed E-state index contributed by atoms with van der Waals surface area (Å²) in [5, 5.41) is 13.7. The maximum Gasteiger partial charge on any atom is 0.319 e. The van der Waals surface area contributed by atoms with Gasteiger partial charge in [-0.15, -0.1) is 0 Å². The smallest absolute Gasteiger partial charge is 0.319 e. The van der Waals surface area contributed by atoms with Gasteiger partial charge in [-0.25, -0.2) is 4.79 Å². The number of likely N-dealkylation sites (N-methyl/N-ethyl adjacent to an activating group) is 1. The van der Waals surface area contributed by atoms with E-state index >= 15 is 0 Å². The lowest BCUT2D eigenvalue weighted by atomic mass is 10.3. The number of hydrogen-bond acceptors (Lipinski definition) is 4. The highest BCUT2D eigenvalue weighted by molar-refractivity contribution is 5.89. The van der Waals surface area contributed by atoms with Gasteiger partial charge in [0, 0.05) is 38.8 Å². The fraction of sp³-hybridized carbons (Fsp3) is 0.400. The first-order valence-electron chi connectivity index (χ1n) is 7.08. The van der Waals surface area contributed by atoms with Crippen molar-refractivity contribution in [2.24, 2.45) is 0 Å². The number of carbonyl (C=O) groups excluding carboxylic acids is 2. The molecule has 3 amide bonds. The van der Waals surface area contributed by atoms with Crippen LogP contribution in [0.3, 0.4) is 0 Å². The quantitative estimate of drug-likeness (QED) is 0.622. The zero-order valence-electron chi connectivity index (χ0n) is 13.2. The monoisotopic (exact) mass is 323 g/mol. The van der Waals surface area contributed by atoms with Crippen LogP contribution in [0.2, 0.25) is 0 Å². The van der Waals surface area contributed by atoms with Gasteiger partial charge in [0.1, 0.15) is 5.75 Å². The summed E-state index contributed by atoms with van der Waals surface area (Å²) >= 11 is 0. The fourth-order valence-corrected chi connectivity index (χ4v) is 1.55. The van der Waals surface area contributed by atoms with Crippen LogP contribution in [0.4, 0.5) is 10.5 Å². The number of carboxylic acid groups (broad SMARTS) is 1. The van der Waals surface area contributed by atoms with E-state index in [-0.39, 0.29) is 25.5 Å². The predicted molar refractivity (Wildman–Crippen MR) is 84.5 cm³/mol. The number of carbonyl (C=O) groups is 3. The number of aliphatic carboxylic acids is 1. The van der Waals surface area contributed by atoms with Crippen molar-refractivity contribution in [3.63, 3.8) is 0 Å². The minimum absolute atomic E-state index is 0.00348. The Balaban J connectivity index is 2.42. The molecule has 0 aliphatic carbocycles. The van der Waals surface area contributed by atoms with Gasteiger partial charge in [0.2, 0.25) is 0 Å². The summed E-state index contributed by atoms with van der Waals surface area (Å²) in [6.45, 7) is 0.184. The molecule has 0 saturated carbocycles. The fourth-order valence-electron chi connectivity index (χ4n) is 1.55. The van der Waals surface area contributed by atoms with Gasteiger partial charge in [0.05, 0.1) is 0 Å². The van der Waals surface area contributed by atoms with Gasteiger partial charge in [0.25, 0.3) is 5.91 Å². The molecule has 0 radical (unpaired) electrons. The summed E-state index contributed by atoms with van der Waals surface area (Å²) in [4.78, 5) is 34.9. The lowest BCUT2D eigenvalue weighted by molar-refractivity contribution is -0.137. The van der Waals surface area contributed by atoms with Crippen molar-refractivity contribution < 1.29 is 24.2 Å². The number of ether oxygens (including phenoxy) is 1. The van der Waals surface area contributed by atoms with Crippen LogP contribution in [-0.4, -0.2) is 55.2 Å². The lowest BCUT2D eigenvalue weighted by Gasteiger charge is -2.12. The van der Waals surface area contributed by atoms with Crippen molar-refractivity contribution in [3.05, 3.63) is 24.3 Å². The van der Waals surface area contributed by atoms with Crippen LogP contribution in [-0.2, 0) is 9.59 Å². The van der Waals surface area contributed by atoms with E-state index in [0.29, 0.717) is 17.9 Å². The van der Waals surface area contributed by atoms with Gasteiger partial charge in [0.15, 0.2) is 6.61 Å². The van der Waals surface area contributed by atoms with Gasteiger partial charge in [-0.1, -0.05) is 6.07 Å². The Hall–Kier alpha value is -2.77. The Morgan fingerprint density at radius 3 is 2.65 bits per heavy atom. The van der Waals surface area contributed by atoms with E-state index in [1.165, 1.54) is 4.90 Å². The van der Waals surface area contributed by atoms with Gasteiger partial charge in [-0.3, -0.25) is 9.59 Å². The largest absolute Gasteiger partial charge is 0.484 e. The third-order valence-electron chi connectivity index (χ3n) is 2.81. The second kappa shape index (κ2) is 9.29. The van der Waals surface area contributed by atoms with Crippen molar-refractivity contribution in [3.8, 4) is 5.75 Å². The Kier molecular flexibility index (Phi) is 7.38. The third kappa shape index (κ3) is 7.70. The van der Waals surface area contributed by atoms with Crippen molar-refractivity contribution in [2.75, 3.05) is 32.6 Å². The first-order valence-corrected chi connectivity index (χ1v) is 7.08. The van der Waals surface area contributed by atoms with E-state index < -0.39 is 12.0 Å². The summed E-state index contributed by atoms with van der Waals surface area (Å²) in [7, 11) is 3.27. The Bertz CT molecular complexity index is 560. The van der Waals surface area contributed by atoms with Crippen molar-refractivity contribution in [1.29, 1.82) is 0 Å². The SMILES string of the molecule is CN(C)C(=O)COc1cccc(NC(=O)NCCCC(=O)O)c1. The highest BCUT2D eigenvalue weighted by atomic mass is 16.5. The molecule has 0 atom stereocenters. The van der Waals surface area contributed by atoms with E-state index in [4.69, 9.17) is 9.84 Å². The zero-order chi connectivity index (χ0) is 17.2. The maximum absolute atomic E-state index is 11.7. The highest BCUT2D eigenvalue weighted by Gasteiger charge is 2.06. The summed E-state index contributed by atoms with van der Waals surface area (Å²) < 4.78 is 5.35. The van der Waals surface area contributed by atoms with Crippen LogP contribution in [0.25, 0.3) is 0 Å². The molecule has 23 heavy (non-hydrogen) atoms. The highest BCUT2D eigenvalue weighted by Crippen LogP contribution is 2.17. The summed E-state index contributed by atoms with van der Waals surface area (Å²) in [5.41, 5.74) is 0.510. The van der Waals surface area contributed by atoms with Crippen LogP contribution in [0.15, 0.2) is 24.3 Å². The molecule has 0 unspecified atom stereocenters. The first kappa shape index (κ1) is 18.3. The standard InChI is InChI=1S/C15H21N3O5/c1-18(2)13(19)10-23-12-6-3-5-11(9-12)17-15(22)16-8-4-7-14(20)21/h3,5-6,9H,4,7-8,10H2,1-2H3,(H,20,21)(H2,16,17,22). The number of rotatable bonds is 8. The molecule has 3 N–H and O–H groups in total. The molecule has 1 aromatic carbocycles. The van der Waals surface area contributed by atoms with E-state index in [1.54, 1.807) is 38.4 Å². The van der Waals surface area contributed by atoms with Gasteiger partial charge in [-0.05, 0) is 18.6 Å². The molecule has 1 rings (SSSR count). The minimum atomic E-state index is -0.899. The normalized spacial score (nSPS) is 9.83. The molecule has 0 aliphatic heterocycles. The number of benzene rings is 1. The number of nitrogens with zero attached hydrogens (tertiary/aromatic N) is 1. The molecule has 0 aromatic heterocycles. The Morgan fingerprint density at radius 1 is 1.26 bits per heavy atom. The molecule has 126 valence electrons. The predicted octanol–water partition coefficient (Wildman–Crippen LogP) is 1.14. The Morgan fingerprint density at radius 2 is 2.00 bits per heavy atom. The average molecular weight is 323 g/mol. The number of carboxylic acids is 1. The molecular formula is C15H21N3O5. The van der Waals surface area contributed by atoms with E-state index in [1.807, 2.05) is 0 Å². The molecule has 0 aliphatic rings. The second-order valence-electron chi connectivity index (χ2n) is 4.98. The second-order valence-corrected chi connectivity index (χ2v) is 4.98. The van der Waals surface area contributed by atoms with E-state index in [0.717, 1.165) is 0 Å². The summed E-state index contributed by atoms with van der Waals surface area (Å²) in [6.07, 6.45) is 0.363. The Labute approximate surface area is 134 Å². The van der Waals surface area contributed by atoms with Crippen molar-refractivity contribution >= 4 is 23.6 Å². The van der Waals surface area contributed by atoms with E-state index in [2.05, 4.69) is 10.6 Å². The first-order chi connectivity index (χ1) is 10.9. The van der Waals surface area contributed by atoms with Gasteiger partial charge < -0.3 is 25.4 Å². The van der Waals surface area contributed by atoms with Crippen LogP contribution in [0, 0.1) is 0 Å². The molecule has 8 nitrogen and oxygen atoms in total. The third-order valence-corrected chi connectivity index (χ3v) is 2.81. The van der Waals surface area contributed by atoms with Crippen molar-refractivity contribution in [2.45, 2.75) is 12.8 Å². The molecule has 0 spiro atoms. The molecule has 0 heterocycles. The van der Waals surface area contributed by atoms with Crippen LogP contribution in [0.1, 0.15) is 12.8 Å². The number of nitrogens with one attached hydrogen (secondary N) is 2. The molecule has 0 bridgehead atoms. The molecular weight excluding hydrogens is 302 g/mol. The molecule has 0 fully saturated rings. The zero-order valence-corrected chi connectivity index (χ0v) is 13.2. The number of amides is 3. The summed E-state index contributed by atoms with van der Waals surface area (Å²) in [5.74, 6) is -0.604. The van der Waals surface area contributed by atoms with Crippen LogP contribution in [0.5, 0.6) is 5.75 Å². The van der Waals surface area contributed by atoms with Crippen LogP contribution >= 0.6 is 0 Å². The average Bonchev–Trinajstić information content (AvgIpc) is 2.49. The van der Waals surface area contributed by atoms with Gasteiger partial charge >= 0.3 is 12.0 Å². The van der Waals surface area contributed by atoms with E-state index in [9.17, 15) is 14.4 Å². The topological polar surface area (TPSA) is 108 Å². The van der Waals surface area contributed by atoms with Crippen LogP contribution < -0.4 is 15.4 Å². The lowest BCUT2D eigenvalue weighted by Crippen LogP contribution is -2.29. The number of hydrogen-bond donors (Lipinski definition) is 3. The summed E-state index contributed by atoms with van der Waals surface area (Å²) in [6, 6.07) is 6.21. The molecule has 1 aromatic rings. The van der Waals surface area contributed by atoms with Crippen molar-refractivity contribution in [1.82, 2.24) is 10.2 Å².